The van der Waals surface area contributed by atoms with Gasteiger partial charge in [0, 0.05) is 23.7 Å². The number of benzene rings is 1. The molecule has 1 heterocycles. The predicted octanol–water partition coefficient (Wildman–Crippen LogP) is 2.33. The Kier molecular flexibility index (Phi) is 2.42. The average molecular weight is 214 g/mol. The van der Waals surface area contributed by atoms with Gasteiger partial charge in [-0.25, -0.2) is 4.39 Å². The number of hydrogen-bond acceptors (Lipinski definition) is 1. The van der Waals surface area contributed by atoms with Crippen molar-refractivity contribution < 1.29 is 9.18 Å². The minimum atomic E-state index is -0.471. The average Bonchev–Trinajstić information content (AvgIpc) is 1.98. The number of nitrogens with zero attached hydrogens (tertiary/aromatic N) is 1. The molecule has 4 heteroatoms. The van der Waals surface area contributed by atoms with Crippen LogP contribution in [0.15, 0.2) is 18.2 Å². The lowest BCUT2D eigenvalue weighted by Crippen LogP contribution is -2.42. The van der Waals surface area contributed by atoms with E-state index in [1.165, 1.54) is 18.2 Å². The predicted molar refractivity (Wildman–Crippen MR) is 51.9 cm³/mol. The molecular formula is C10H9ClFNO. The van der Waals surface area contributed by atoms with Crippen LogP contribution in [0.1, 0.15) is 16.8 Å². The third-order valence-corrected chi connectivity index (χ3v) is 2.47. The molecule has 0 spiro atoms. The van der Waals surface area contributed by atoms with Crippen molar-refractivity contribution in [3.63, 3.8) is 0 Å². The first-order valence-electron chi connectivity index (χ1n) is 4.42. The van der Waals surface area contributed by atoms with Crippen LogP contribution in [0.3, 0.4) is 0 Å². The Morgan fingerprint density at radius 1 is 1.36 bits per heavy atom. The molecule has 0 unspecified atom stereocenters. The van der Waals surface area contributed by atoms with Crippen LogP contribution in [0.25, 0.3) is 0 Å². The number of halogens is 2. The Morgan fingerprint density at radius 3 is 2.57 bits per heavy atom. The zero-order chi connectivity index (χ0) is 10.1. The van der Waals surface area contributed by atoms with Crippen LogP contribution >= 0.6 is 11.6 Å². The second-order valence-electron chi connectivity index (χ2n) is 3.30. The largest absolute Gasteiger partial charge is 0.339 e. The van der Waals surface area contributed by atoms with Crippen molar-refractivity contribution in [3.8, 4) is 0 Å². The monoisotopic (exact) mass is 213 g/mol. The van der Waals surface area contributed by atoms with Gasteiger partial charge in [-0.15, -0.1) is 0 Å². The standard InChI is InChI=1S/C10H9ClFNO/c11-8-4-7(5-9(12)6-8)10(14)13-2-1-3-13/h4-6H,1-3H2. The van der Waals surface area contributed by atoms with E-state index >= 15 is 0 Å². The van der Waals surface area contributed by atoms with Crippen LogP contribution < -0.4 is 0 Å². The normalized spacial score (nSPS) is 15.1. The lowest BCUT2D eigenvalue weighted by Gasteiger charge is -2.30. The molecule has 1 aromatic rings. The van der Waals surface area contributed by atoms with Crippen molar-refractivity contribution in [1.29, 1.82) is 0 Å². The van der Waals surface area contributed by atoms with E-state index in [0.717, 1.165) is 19.5 Å². The van der Waals surface area contributed by atoms with Gasteiger partial charge < -0.3 is 4.90 Å². The number of hydrogen-bond donors (Lipinski definition) is 0. The van der Waals surface area contributed by atoms with Crippen molar-refractivity contribution >= 4 is 17.5 Å². The van der Waals surface area contributed by atoms with E-state index < -0.39 is 5.82 Å². The fourth-order valence-electron chi connectivity index (χ4n) is 1.38. The third-order valence-electron chi connectivity index (χ3n) is 2.25. The Hall–Kier alpha value is -1.09. The van der Waals surface area contributed by atoms with E-state index in [1.54, 1.807) is 4.90 Å². The summed E-state index contributed by atoms with van der Waals surface area (Å²) in [6, 6.07) is 3.90. The molecule has 0 atom stereocenters. The summed E-state index contributed by atoms with van der Waals surface area (Å²) in [5.41, 5.74) is 0.328. The second kappa shape index (κ2) is 3.58. The van der Waals surface area contributed by atoms with Gasteiger partial charge in [0.2, 0.25) is 0 Å². The number of carbonyl (C=O) groups excluding carboxylic acids is 1. The van der Waals surface area contributed by atoms with E-state index in [4.69, 9.17) is 11.6 Å². The first-order valence-corrected chi connectivity index (χ1v) is 4.80. The van der Waals surface area contributed by atoms with Crippen molar-refractivity contribution in [2.24, 2.45) is 0 Å². The Balaban J connectivity index is 2.26. The van der Waals surface area contributed by atoms with E-state index in [2.05, 4.69) is 0 Å². The van der Waals surface area contributed by atoms with Crippen LogP contribution in [0.5, 0.6) is 0 Å². The molecule has 1 saturated heterocycles. The van der Waals surface area contributed by atoms with Gasteiger partial charge in [-0.05, 0) is 24.6 Å². The summed E-state index contributed by atoms with van der Waals surface area (Å²) in [5, 5.41) is 0.258. The maximum absolute atomic E-state index is 12.9. The zero-order valence-corrected chi connectivity index (χ0v) is 8.22. The molecule has 1 aliphatic rings. The molecule has 0 bridgehead atoms. The molecular weight excluding hydrogens is 205 g/mol. The minimum absolute atomic E-state index is 0.141. The fourth-order valence-corrected chi connectivity index (χ4v) is 1.60. The summed E-state index contributed by atoms with van der Waals surface area (Å²) in [6.45, 7) is 1.51. The fraction of sp³-hybridized carbons (Fsp3) is 0.300. The zero-order valence-electron chi connectivity index (χ0n) is 7.46. The Labute approximate surface area is 86.3 Å². The van der Waals surface area contributed by atoms with Crippen LogP contribution in [0.2, 0.25) is 5.02 Å². The van der Waals surface area contributed by atoms with E-state index in [-0.39, 0.29) is 10.9 Å². The van der Waals surface area contributed by atoms with Crippen molar-refractivity contribution in [1.82, 2.24) is 4.90 Å². The Morgan fingerprint density at radius 2 is 2.07 bits per heavy atom. The van der Waals surface area contributed by atoms with Gasteiger partial charge in [0.15, 0.2) is 0 Å². The summed E-state index contributed by atoms with van der Waals surface area (Å²) in [6.07, 6.45) is 1.02. The molecule has 0 aromatic heterocycles. The van der Waals surface area contributed by atoms with Gasteiger partial charge in [-0.2, -0.15) is 0 Å². The molecule has 0 aliphatic carbocycles. The molecule has 0 N–H and O–H groups in total. The number of rotatable bonds is 1. The molecule has 14 heavy (non-hydrogen) atoms. The van der Waals surface area contributed by atoms with Crippen molar-refractivity contribution in [2.75, 3.05) is 13.1 Å². The molecule has 1 aliphatic heterocycles. The first kappa shape index (κ1) is 9.46. The molecule has 2 rings (SSSR count). The first-order chi connectivity index (χ1) is 6.66. The molecule has 74 valence electrons. The summed E-state index contributed by atoms with van der Waals surface area (Å²) in [4.78, 5) is 13.3. The summed E-state index contributed by atoms with van der Waals surface area (Å²) in [7, 11) is 0. The Bertz CT molecular complexity index is 356. The number of amides is 1. The highest BCUT2D eigenvalue weighted by Crippen LogP contribution is 2.18. The number of carbonyl (C=O) groups is 1. The smallest absolute Gasteiger partial charge is 0.254 e. The topological polar surface area (TPSA) is 20.3 Å². The molecule has 2 nitrogen and oxygen atoms in total. The second-order valence-corrected chi connectivity index (χ2v) is 3.74. The van der Waals surface area contributed by atoms with Crippen molar-refractivity contribution in [2.45, 2.75) is 6.42 Å². The molecule has 0 saturated carbocycles. The van der Waals surface area contributed by atoms with Gasteiger partial charge in [-0.1, -0.05) is 11.6 Å². The summed E-state index contributed by atoms with van der Waals surface area (Å²) < 4.78 is 12.9. The van der Waals surface area contributed by atoms with Crippen molar-refractivity contribution in [3.05, 3.63) is 34.6 Å². The lowest BCUT2D eigenvalue weighted by atomic mass is 10.1. The SMILES string of the molecule is O=C(c1cc(F)cc(Cl)c1)N1CCC1. The molecule has 1 fully saturated rings. The molecule has 0 radical (unpaired) electrons. The van der Waals surface area contributed by atoms with E-state index in [1.807, 2.05) is 0 Å². The van der Waals surface area contributed by atoms with Gasteiger partial charge in [-0.3, -0.25) is 4.79 Å². The third kappa shape index (κ3) is 1.73. The summed E-state index contributed by atoms with van der Waals surface area (Å²) in [5.74, 6) is -0.612. The maximum Gasteiger partial charge on any atom is 0.254 e. The van der Waals surface area contributed by atoms with Crippen LogP contribution in [0, 0.1) is 5.82 Å². The molecule has 1 aromatic carbocycles. The van der Waals surface area contributed by atoms with Gasteiger partial charge in [0.1, 0.15) is 5.82 Å². The lowest BCUT2D eigenvalue weighted by molar-refractivity contribution is 0.0651. The quantitative estimate of drug-likeness (QED) is 0.701. The highest BCUT2D eigenvalue weighted by Gasteiger charge is 2.22. The van der Waals surface area contributed by atoms with Gasteiger partial charge in [0.25, 0.3) is 5.91 Å². The van der Waals surface area contributed by atoms with Gasteiger partial charge in [0.05, 0.1) is 0 Å². The molecule has 1 amide bonds. The number of likely N-dealkylation sites (tertiary alicyclic amines) is 1. The van der Waals surface area contributed by atoms with Crippen LogP contribution in [-0.2, 0) is 0 Å². The maximum atomic E-state index is 12.9. The summed E-state index contributed by atoms with van der Waals surface area (Å²) >= 11 is 5.65. The highest BCUT2D eigenvalue weighted by molar-refractivity contribution is 6.31. The highest BCUT2D eigenvalue weighted by atomic mass is 35.5. The minimum Gasteiger partial charge on any atom is -0.339 e. The van der Waals surface area contributed by atoms with E-state index in [0.29, 0.717) is 5.56 Å². The van der Waals surface area contributed by atoms with E-state index in [9.17, 15) is 9.18 Å². The van der Waals surface area contributed by atoms with Crippen LogP contribution in [0.4, 0.5) is 4.39 Å². The van der Waals surface area contributed by atoms with Crippen LogP contribution in [-0.4, -0.2) is 23.9 Å². The van der Waals surface area contributed by atoms with Gasteiger partial charge >= 0.3 is 0 Å².